The van der Waals surface area contributed by atoms with Crippen molar-refractivity contribution in [2.45, 2.75) is 13.1 Å². The molecule has 3 aromatic rings. The summed E-state index contributed by atoms with van der Waals surface area (Å²) in [5.41, 5.74) is 0.277. The van der Waals surface area contributed by atoms with Crippen molar-refractivity contribution in [1.82, 2.24) is 14.6 Å². The lowest BCUT2D eigenvalue weighted by Crippen LogP contribution is -2.05. The van der Waals surface area contributed by atoms with Crippen molar-refractivity contribution >= 4 is 27.8 Å². The number of methoxy groups -OCH3 is 2. The number of fused-ring (bicyclic) bond motifs is 1. The molecule has 0 bridgehead atoms. The second-order valence-electron chi connectivity index (χ2n) is 5.48. The molecule has 0 saturated heterocycles. The van der Waals surface area contributed by atoms with Crippen LogP contribution in [0.5, 0.6) is 0 Å². The van der Waals surface area contributed by atoms with Gasteiger partial charge in [-0.25, -0.2) is 9.31 Å². The molecule has 10 heteroatoms. The number of hydrogen-bond acceptors (Lipinski definition) is 6. The van der Waals surface area contributed by atoms with E-state index in [1.807, 2.05) is 0 Å². The van der Waals surface area contributed by atoms with Crippen LogP contribution in [0.1, 0.15) is 16.1 Å². The first kappa shape index (κ1) is 18.9. The van der Waals surface area contributed by atoms with E-state index in [4.69, 9.17) is 9.47 Å². The van der Waals surface area contributed by atoms with E-state index in [1.165, 1.54) is 37.1 Å². The highest BCUT2D eigenvalue weighted by atomic mass is 32.1. The van der Waals surface area contributed by atoms with Gasteiger partial charge in [0.15, 0.2) is 5.82 Å². The first-order valence-corrected chi connectivity index (χ1v) is 8.43. The van der Waals surface area contributed by atoms with E-state index in [-0.39, 0.29) is 17.0 Å². The van der Waals surface area contributed by atoms with Crippen molar-refractivity contribution in [1.29, 1.82) is 0 Å². The number of halogens is 3. The molecule has 0 amide bonds. The van der Waals surface area contributed by atoms with Crippen molar-refractivity contribution in [3.8, 4) is 11.4 Å². The fourth-order valence-corrected chi connectivity index (χ4v) is 3.53. The molecule has 2 heterocycles. The molecule has 2 aromatic heterocycles. The van der Waals surface area contributed by atoms with Gasteiger partial charge in [0.2, 0.25) is 4.96 Å². The van der Waals surface area contributed by atoms with Crippen molar-refractivity contribution in [3.63, 3.8) is 0 Å². The topological polar surface area (TPSA) is 65.7 Å². The second kappa shape index (κ2) is 7.03. The summed E-state index contributed by atoms with van der Waals surface area (Å²) in [4.78, 5) is 17.2. The van der Waals surface area contributed by atoms with Gasteiger partial charge < -0.3 is 9.47 Å². The molecule has 27 heavy (non-hydrogen) atoms. The Labute approximate surface area is 155 Å². The number of ether oxygens (including phenoxy) is 2. The number of nitrogens with zero attached hydrogens (tertiary/aromatic N) is 3. The van der Waals surface area contributed by atoms with Crippen LogP contribution in [-0.4, -0.2) is 34.8 Å². The van der Waals surface area contributed by atoms with Crippen LogP contribution in [0, 0.1) is 6.92 Å². The summed E-state index contributed by atoms with van der Waals surface area (Å²) in [6.07, 6.45) is -3.19. The third kappa shape index (κ3) is 3.52. The minimum Gasteiger partial charge on any atom is -0.503 e. The van der Waals surface area contributed by atoms with Gasteiger partial charge in [-0.05, 0) is 19.1 Å². The van der Waals surface area contributed by atoms with Gasteiger partial charge in [-0.2, -0.15) is 18.2 Å². The van der Waals surface area contributed by atoms with E-state index in [0.717, 1.165) is 23.5 Å². The van der Waals surface area contributed by atoms with Crippen LogP contribution >= 0.6 is 11.3 Å². The van der Waals surface area contributed by atoms with Crippen molar-refractivity contribution < 1.29 is 27.4 Å². The molecule has 3 rings (SSSR count). The van der Waals surface area contributed by atoms with Crippen LogP contribution in [0.2, 0.25) is 0 Å². The third-order valence-corrected chi connectivity index (χ3v) is 4.92. The fraction of sp³-hybridized carbons (Fsp3) is 0.235. The lowest BCUT2D eigenvalue weighted by Gasteiger charge is -2.07. The summed E-state index contributed by atoms with van der Waals surface area (Å²) in [6.45, 7) is 1.72. The van der Waals surface area contributed by atoms with Gasteiger partial charge in [-0.1, -0.05) is 23.5 Å². The van der Waals surface area contributed by atoms with Crippen LogP contribution in [0.4, 0.5) is 13.2 Å². The minimum absolute atomic E-state index is 0.164. The second-order valence-corrected chi connectivity index (χ2v) is 6.46. The average Bonchev–Trinajstić information content (AvgIpc) is 3.18. The summed E-state index contributed by atoms with van der Waals surface area (Å²) in [5, 5.41) is 4.28. The van der Waals surface area contributed by atoms with E-state index in [1.54, 1.807) is 6.92 Å². The Balaban J connectivity index is 2.06. The molecule has 0 radical (unpaired) electrons. The summed E-state index contributed by atoms with van der Waals surface area (Å²) in [5.74, 6) is -0.417. The Kier molecular flexibility index (Phi) is 4.92. The zero-order chi connectivity index (χ0) is 19.8. The molecule has 6 nitrogen and oxygen atoms in total. The summed E-state index contributed by atoms with van der Waals surface area (Å²) >= 11 is 1.16. The third-order valence-electron chi connectivity index (χ3n) is 3.75. The number of thiazole rings is 1. The summed E-state index contributed by atoms with van der Waals surface area (Å²) in [6, 6.07) is 4.81. The molecule has 0 N–H and O–H groups in total. The van der Waals surface area contributed by atoms with Gasteiger partial charge in [0.1, 0.15) is 5.57 Å². The highest BCUT2D eigenvalue weighted by Gasteiger charge is 2.31. The lowest BCUT2D eigenvalue weighted by molar-refractivity contribution is -0.137. The number of alkyl halides is 3. The van der Waals surface area contributed by atoms with E-state index < -0.39 is 17.7 Å². The van der Waals surface area contributed by atoms with E-state index in [9.17, 15) is 18.0 Å². The van der Waals surface area contributed by atoms with Crippen LogP contribution in [0.25, 0.3) is 21.9 Å². The van der Waals surface area contributed by atoms with Crippen LogP contribution < -0.4 is 0 Å². The molecular formula is C17H14F3N3O3S. The van der Waals surface area contributed by atoms with E-state index in [0.29, 0.717) is 15.5 Å². The van der Waals surface area contributed by atoms with Crippen LogP contribution in [0.3, 0.4) is 0 Å². The Morgan fingerprint density at radius 1 is 1.30 bits per heavy atom. The number of carbonyl (C=O) groups excluding carboxylic acids is 1. The first-order chi connectivity index (χ1) is 12.8. The van der Waals surface area contributed by atoms with Gasteiger partial charge in [-0.3, -0.25) is 0 Å². The highest BCUT2D eigenvalue weighted by Crippen LogP contribution is 2.33. The standard InChI is InChI=1S/C17H14F3N3O3S/c1-9-13(12(8-25-2)15(24)26-3)27-16-21-14(22-23(9)16)10-5-4-6-11(7-10)17(18,19)20/h4-8H,1-3H3/b12-8-. The molecular weight excluding hydrogens is 383 g/mol. The zero-order valence-electron chi connectivity index (χ0n) is 14.5. The number of aryl methyl sites for hydroxylation is 1. The summed E-state index contributed by atoms with van der Waals surface area (Å²) in [7, 11) is 2.66. The molecule has 0 aliphatic carbocycles. The molecule has 0 fully saturated rings. The average molecular weight is 397 g/mol. The Bertz CT molecular complexity index is 1040. The van der Waals surface area contributed by atoms with E-state index in [2.05, 4.69) is 10.1 Å². The normalized spacial score (nSPS) is 12.4. The van der Waals surface area contributed by atoms with Crippen molar-refractivity contribution in [2.75, 3.05) is 14.2 Å². The number of hydrogen-bond donors (Lipinski definition) is 0. The molecule has 0 atom stereocenters. The smallest absolute Gasteiger partial charge is 0.416 e. The molecule has 0 spiro atoms. The maximum Gasteiger partial charge on any atom is 0.416 e. The van der Waals surface area contributed by atoms with Gasteiger partial charge in [0.05, 0.1) is 36.6 Å². The molecule has 142 valence electrons. The SMILES string of the molecule is CO/C=C(\C(=O)OC)c1sc2nc(-c3cccc(C(F)(F)F)c3)nn2c1C. The molecule has 1 aromatic carbocycles. The number of esters is 1. The van der Waals surface area contributed by atoms with Gasteiger partial charge in [0, 0.05) is 5.56 Å². The number of carbonyl (C=O) groups is 1. The molecule has 0 aliphatic heterocycles. The Morgan fingerprint density at radius 2 is 2.04 bits per heavy atom. The van der Waals surface area contributed by atoms with Gasteiger partial charge in [0.25, 0.3) is 0 Å². The predicted molar refractivity (Wildman–Crippen MR) is 93.0 cm³/mol. The Hall–Kier alpha value is -2.88. The molecule has 0 saturated carbocycles. The first-order valence-electron chi connectivity index (χ1n) is 7.61. The predicted octanol–water partition coefficient (Wildman–Crippen LogP) is 3.95. The van der Waals surface area contributed by atoms with Crippen LogP contribution in [0.15, 0.2) is 30.5 Å². The lowest BCUT2D eigenvalue weighted by atomic mass is 10.1. The zero-order valence-corrected chi connectivity index (χ0v) is 15.3. The van der Waals surface area contributed by atoms with E-state index >= 15 is 0 Å². The monoisotopic (exact) mass is 397 g/mol. The molecule has 0 unspecified atom stereocenters. The number of aromatic nitrogens is 3. The largest absolute Gasteiger partial charge is 0.503 e. The van der Waals surface area contributed by atoms with Crippen molar-refractivity contribution in [3.05, 3.63) is 46.7 Å². The fourth-order valence-electron chi connectivity index (χ4n) is 2.47. The quantitative estimate of drug-likeness (QED) is 0.379. The Morgan fingerprint density at radius 3 is 2.63 bits per heavy atom. The van der Waals surface area contributed by atoms with Crippen molar-refractivity contribution in [2.24, 2.45) is 0 Å². The van der Waals surface area contributed by atoms with Crippen LogP contribution in [-0.2, 0) is 20.4 Å². The molecule has 0 aliphatic rings. The minimum atomic E-state index is -4.45. The van der Waals surface area contributed by atoms with Gasteiger partial charge >= 0.3 is 12.1 Å². The maximum absolute atomic E-state index is 12.9. The maximum atomic E-state index is 12.9. The highest BCUT2D eigenvalue weighted by molar-refractivity contribution is 7.18. The van der Waals surface area contributed by atoms with Gasteiger partial charge in [-0.15, -0.1) is 5.10 Å². The number of rotatable bonds is 4. The number of benzene rings is 1. The summed E-state index contributed by atoms with van der Waals surface area (Å²) < 4.78 is 49.9.